The molecule has 1 heterocycles. The van der Waals surface area contributed by atoms with Crippen LogP contribution in [-0.2, 0) is 5.41 Å². The van der Waals surface area contributed by atoms with E-state index in [1.807, 2.05) is 6.20 Å². The smallest absolute Gasteiger partial charge is 0.0525 e. The minimum Gasteiger partial charge on any atom is -0.327 e. The maximum absolute atomic E-state index is 5.83. The standard InChI is InChI=1S/C10H17N3/c1-10(2,3)9-7(5-12-13-9)6-4-8(6)11/h5-6,8H,4,11H2,1-3H3,(H,12,13). The fourth-order valence-corrected chi connectivity index (χ4v) is 1.75. The molecule has 1 aromatic heterocycles. The van der Waals surface area contributed by atoms with Gasteiger partial charge in [0.05, 0.1) is 6.20 Å². The molecule has 72 valence electrons. The van der Waals surface area contributed by atoms with E-state index in [0.717, 1.165) is 6.42 Å². The van der Waals surface area contributed by atoms with Crippen LogP contribution in [0.3, 0.4) is 0 Å². The topological polar surface area (TPSA) is 54.7 Å². The molecule has 3 N–H and O–H groups in total. The van der Waals surface area contributed by atoms with Crippen LogP contribution in [-0.4, -0.2) is 16.2 Å². The Morgan fingerprint density at radius 3 is 2.62 bits per heavy atom. The summed E-state index contributed by atoms with van der Waals surface area (Å²) in [4.78, 5) is 0. The number of nitrogens with one attached hydrogen (secondary N) is 1. The fourth-order valence-electron chi connectivity index (χ4n) is 1.75. The molecular formula is C10H17N3. The maximum Gasteiger partial charge on any atom is 0.0525 e. The lowest BCUT2D eigenvalue weighted by atomic mass is 9.88. The molecule has 1 fully saturated rings. The maximum atomic E-state index is 5.83. The summed E-state index contributed by atoms with van der Waals surface area (Å²) in [6.45, 7) is 6.58. The molecule has 1 saturated carbocycles. The zero-order valence-corrected chi connectivity index (χ0v) is 8.46. The third-order valence-electron chi connectivity index (χ3n) is 2.66. The number of aromatic nitrogens is 2. The van der Waals surface area contributed by atoms with E-state index >= 15 is 0 Å². The van der Waals surface area contributed by atoms with Crippen molar-refractivity contribution in [1.29, 1.82) is 0 Å². The molecule has 2 rings (SSSR count). The molecule has 1 aliphatic rings. The summed E-state index contributed by atoms with van der Waals surface area (Å²) in [5.74, 6) is 0.549. The number of rotatable bonds is 1. The summed E-state index contributed by atoms with van der Waals surface area (Å²) in [5.41, 5.74) is 8.54. The highest BCUT2D eigenvalue weighted by Gasteiger charge is 2.39. The number of nitrogens with zero attached hydrogens (tertiary/aromatic N) is 1. The van der Waals surface area contributed by atoms with E-state index in [-0.39, 0.29) is 5.41 Å². The SMILES string of the molecule is CC(C)(C)c1[nH]ncc1C1CC1N. The first-order chi connectivity index (χ1) is 6.00. The molecule has 0 aliphatic heterocycles. The third kappa shape index (κ3) is 1.48. The molecule has 3 heteroatoms. The van der Waals surface area contributed by atoms with Gasteiger partial charge in [-0.3, -0.25) is 5.10 Å². The lowest BCUT2D eigenvalue weighted by Crippen LogP contribution is -2.15. The number of hydrogen-bond donors (Lipinski definition) is 2. The molecular weight excluding hydrogens is 162 g/mol. The second kappa shape index (κ2) is 2.58. The van der Waals surface area contributed by atoms with Crippen molar-refractivity contribution < 1.29 is 0 Å². The number of aromatic amines is 1. The van der Waals surface area contributed by atoms with E-state index < -0.39 is 0 Å². The summed E-state index contributed by atoms with van der Waals surface area (Å²) in [7, 11) is 0. The monoisotopic (exact) mass is 179 g/mol. The van der Waals surface area contributed by atoms with Crippen LogP contribution in [0.15, 0.2) is 6.20 Å². The molecule has 1 aromatic rings. The average molecular weight is 179 g/mol. The Labute approximate surface area is 78.7 Å². The molecule has 2 atom stereocenters. The molecule has 2 unspecified atom stereocenters. The van der Waals surface area contributed by atoms with Gasteiger partial charge < -0.3 is 5.73 Å². The van der Waals surface area contributed by atoms with Crippen molar-refractivity contribution in [3.8, 4) is 0 Å². The Balaban J connectivity index is 2.32. The van der Waals surface area contributed by atoms with Crippen LogP contribution in [0.1, 0.15) is 44.4 Å². The van der Waals surface area contributed by atoms with Crippen LogP contribution in [0.5, 0.6) is 0 Å². The van der Waals surface area contributed by atoms with Crippen molar-refractivity contribution in [1.82, 2.24) is 10.2 Å². The van der Waals surface area contributed by atoms with Crippen LogP contribution in [0.2, 0.25) is 0 Å². The minimum atomic E-state index is 0.147. The Hall–Kier alpha value is -0.830. The first-order valence-electron chi connectivity index (χ1n) is 4.79. The number of hydrogen-bond acceptors (Lipinski definition) is 2. The molecule has 1 aliphatic carbocycles. The largest absolute Gasteiger partial charge is 0.327 e. The number of H-pyrrole nitrogens is 1. The molecule has 0 amide bonds. The van der Waals surface area contributed by atoms with Crippen LogP contribution < -0.4 is 5.73 Å². The summed E-state index contributed by atoms with van der Waals surface area (Å²) in [5, 5.41) is 7.19. The normalized spacial score (nSPS) is 27.7. The van der Waals surface area contributed by atoms with Gasteiger partial charge in [0.25, 0.3) is 0 Å². The van der Waals surface area contributed by atoms with E-state index in [2.05, 4.69) is 31.0 Å². The van der Waals surface area contributed by atoms with Crippen LogP contribution in [0.25, 0.3) is 0 Å². The summed E-state index contributed by atoms with van der Waals surface area (Å²) >= 11 is 0. The van der Waals surface area contributed by atoms with Crippen molar-refractivity contribution in [2.75, 3.05) is 0 Å². The van der Waals surface area contributed by atoms with Gasteiger partial charge in [-0.1, -0.05) is 20.8 Å². The molecule has 0 bridgehead atoms. The lowest BCUT2D eigenvalue weighted by molar-refractivity contribution is 0.560. The van der Waals surface area contributed by atoms with Crippen molar-refractivity contribution in [3.05, 3.63) is 17.5 Å². The second-order valence-corrected chi connectivity index (χ2v) is 4.96. The van der Waals surface area contributed by atoms with Crippen LogP contribution in [0.4, 0.5) is 0 Å². The molecule has 13 heavy (non-hydrogen) atoms. The van der Waals surface area contributed by atoms with Crippen LogP contribution >= 0.6 is 0 Å². The van der Waals surface area contributed by atoms with Gasteiger partial charge in [-0.15, -0.1) is 0 Å². The lowest BCUT2D eigenvalue weighted by Gasteiger charge is -2.18. The van der Waals surface area contributed by atoms with Crippen molar-refractivity contribution in [2.45, 2.75) is 44.6 Å². The average Bonchev–Trinajstić information content (AvgIpc) is 2.57. The van der Waals surface area contributed by atoms with E-state index in [9.17, 15) is 0 Å². The molecule has 0 radical (unpaired) electrons. The predicted molar refractivity (Wildman–Crippen MR) is 52.6 cm³/mol. The quantitative estimate of drug-likeness (QED) is 0.686. The van der Waals surface area contributed by atoms with E-state index in [1.165, 1.54) is 11.3 Å². The van der Waals surface area contributed by atoms with E-state index in [1.54, 1.807) is 0 Å². The molecule has 3 nitrogen and oxygen atoms in total. The zero-order valence-electron chi connectivity index (χ0n) is 8.46. The second-order valence-electron chi connectivity index (χ2n) is 4.96. The first-order valence-corrected chi connectivity index (χ1v) is 4.79. The highest BCUT2D eigenvalue weighted by atomic mass is 15.1. The Morgan fingerprint density at radius 2 is 2.15 bits per heavy atom. The van der Waals surface area contributed by atoms with Gasteiger partial charge in [0.15, 0.2) is 0 Å². The van der Waals surface area contributed by atoms with Gasteiger partial charge in [0.1, 0.15) is 0 Å². The molecule has 0 saturated heterocycles. The summed E-state index contributed by atoms with van der Waals surface area (Å²) < 4.78 is 0. The van der Waals surface area contributed by atoms with Crippen molar-refractivity contribution >= 4 is 0 Å². The summed E-state index contributed by atoms with van der Waals surface area (Å²) in [6.07, 6.45) is 3.04. The number of nitrogens with two attached hydrogens (primary N) is 1. The van der Waals surface area contributed by atoms with Gasteiger partial charge in [-0.25, -0.2) is 0 Å². The van der Waals surface area contributed by atoms with E-state index in [4.69, 9.17) is 5.73 Å². The van der Waals surface area contributed by atoms with Gasteiger partial charge in [-0.05, 0) is 12.0 Å². The highest BCUT2D eigenvalue weighted by Crippen LogP contribution is 2.42. The Bertz CT molecular complexity index is 308. The Morgan fingerprint density at radius 1 is 1.54 bits per heavy atom. The highest BCUT2D eigenvalue weighted by molar-refractivity contribution is 5.33. The predicted octanol–water partition coefficient (Wildman–Crippen LogP) is 1.52. The van der Waals surface area contributed by atoms with E-state index in [0.29, 0.717) is 12.0 Å². The van der Waals surface area contributed by atoms with Gasteiger partial charge in [0, 0.05) is 23.1 Å². The summed E-state index contributed by atoms with van der Waals surface area (Å²) in [6, 6.07) is 0.360. The zero-order chi connectivity index (χ0) is 9.64. The van der Waals surface area contributed by atoms with Crippen molar-refractivity contribution in [2.24, 2.45) is 5.73 Å². The van der Waals surface area contributed by atoms with Crippen LogP contribution in [0, 0.1) is 0 Å². The third-order valence-corrected chi connectivity index (χ3v) is 2.66. The molecule has 0 aromatic carbocycles. The fraction of sp³-hybridized carbons (Fsp3) is 0.700. The Kier molecular flexibility index (Phi) is 1.74. The van der Waals surface area contributed by atoms with Gasteiger partial charge in [-0.2, -0.15) is 5.10 Å². The first kappa shape index (κ1) is 8.75. The van der Waals surface area contributed by atoms with Gasteiger partial charge >= 0.3 is 0 Å². The minimum absolute atomic E-state index is 0.147. The van der Waals surface area contributed by atoms with Crippen molar-refractivity contribution in [3.63, 3.8) is 0 Å². The van der Waals surface area contributed by atoms with Gasteiger partial charge in [0.2, 0.25) is 0 Å². The molecule has 0 spiro atoms.